The second-order valence-electron chi connectivity index (χ2n) is 3.62. The standard InChI is InChI=1S/C10H7BrCl2N2O2S2/c1-5-2-6(11)8(3-7(5)12)15-19(16,17)9-4-14-10(13)18-9/h2-4,15H,1H3. The molecular formula is C10H7BrCl2N2O2S2. The molecule has 2 aromatic rings. The highest BCUT2D eigenvalue weighted by Gasteiger charge is 2.19. The van der Waals surface area contributed by atoms with Crippen LogP contribution < -0.4 is 4.72 Å². The maximum atomic E-state index is 12.1. The maximum absolute atomic E-state index is 12.1. The first-order valence-electron chi connectivity index (χ1n) is 4.89. The van der Waals surface area contributed by atoms with Gasteiger partial charge in [0.2, 0.25) is 0 Å². The molecule has 0 aliphatic heterocycles. The highest BCUT2D eigenvalue weighted by molar-refractivity contribution is 9.10. The molecule has 19 heavy (non-hydrogen) atoms. The minimum atomic E-state index is -3.71. The number of aromatic nitrogens is 1. The first-order chi connectivity index (χ1) is 8.79. The van der Waals surface area contributed by atoms with Crippen molar-refractivity contribution in [3.05, 3.63) is 37.9 Å². The van der Waals surface area contributed by atoms with Crippen LogP contribution in [0.4, 0.5) is 5.69 Å². The number of hydrogen-bond donors (Lipinski definition) is 1. The van der Waals surface area contributed by atoms with Gasteiger partial charge >= 0.3 is 0 Å². The van der Waals surface area contributed by atoms with Gasteiger partial charge in [-0.05, 0) is 40.5 Å². The van der Waals surface area contributed by atoms with E-state index in [9.17, 15) is 8.42 Å². The van der Waals surface area contributed by atoms with Crippen molar-refractivity contribution < 1.29 is 8.42 Å². The van der Waals surface area contributed by atoms with Gasteiger partial charge in [0.05, 0.1) is 11.9 Å². The highest BCUT2D eigenvalue weighted by Crippen LogP contribution is 2.32. The molecule has 0 saturated carbocycles. The van der Waals surface area contributed by atoms with Crippen LogP contribution in [0.15, 0.2) is 27.0 Å². The van der Waals surface area contributed by atoms with Gasteiger partial charge in [-0.25, -0.2) is 13.4 Å². The van der Waals surface area contributed by atoms with Crippen molar-refractivity contribution in [3.63, 3.8) is 0 Å². The SMILES string of the molecule is Cc1cc(Br)c(NS(=O)(=O)c2cnc(Cl)s2)cc1Cl. The van der Waals surface area contributed by atoms with Crippen molar-refractivity contribution in [1.29, 1.82) is 0 Å². The Labute approximate surface area is 132 Å². The van der Waals surface area contributed by atoms with E-state index in [1.165, 1.54) is 6.20 Å². The van der Waals surface area contributed by atoms with Crippen LogP contribution >= 0.6 is 50.5 Å². The Hall–Kier alpha value is -0.340. The molecule has 1 aromatic heterocycles. The van der Waals surface area contributed by atoms with Crippen molar-refractivity contribution in [2.24, 2.45) is 0 Å². The highest BCUT2D eigenvalue weighted by atomic mass is 79.9. The molecule has 0 bridgehead atoms. The zero-order chi connectivity index (χ0) is 14.2. The van der Waals surface area contributed by atoms with Gasteiger partial charge in [-0.3, -0.25) is 4.72 Å². The largest absolute Gasteiger partial charge is 0.278 e. The summed E-state index contributed by atoms with van der Waals surface area (Å²) in [6.45, 7) is 1.83. The Morgan fingerprint density at radius 3 is 2.63 bits per heavy atom. The first-order valence-corrected chi connectivity index (χ1v) is 8.74. The number of benzene rings is 1. The number of anilines is 1. The van der Waals surface area contributed by atoms with Gasteiger partial charge in [0.25, 0.3) is 10.0 Å². The van der Waals surface area contributed by atoms with Crippen LogP contribution in [0, 0.1) is 6.92 Å². The molecule has 0 atom stereocenters. The third-order valence-corrected chi connectivity index (χ3v) is 6.22. The summed E-state index contributed by atoms with van der Waals surface area (Å²) in [6, 6.07) is 3.28. The first kappa shape index (κ1) is 15.1. The lowest BCUT2D eigenvalue weighted by Gasteiger charge is -2.10. The summed E-state index contributed by atoms with van der Waals surface area (Å²) in [5, 5.41) is 0.475. The minimum absolute atomic E-state index is 0.0427. The van der Waals surface area contributed by atoms with Crippen molar-refractivity contribution >= 4 is 66.2 Å². The van der Waals surface area contributed by atoms with Gasteiger partial charge in [0, 0.05) is 9.50 Å². The van der Waals surface area contributed by atoms with Crippen molar-refractivity contribution in [2.45, 2.75) is 11.1 Å². The van der Waals surface area contributed by atoms with Gasteiger partial charge < -0.3 is 0 Å². The lowest BCUT2D eigenvalue weighted by Crippen LogP contribution is -2.12. The second kappa shape index (κ2) is 5.57. The third-order valence-electron chi connectivity index (χ3n) is 2.21. The molecule has 1 aromatic carbocycles. The Bertz CT molecular complexity index is 731. The second-order valence-corrected chi connectivity index (χ2v) is 8.40. The molecule has 0 spiro atoms. The van der Waals surface area contributed by atoms with E-state index < -0.39 is 10.0 Å². The van der Waals surface area contributed by atoms with Crippen molar-refractivity contribution in [3.8, 4) is 0 Å². The summed E-state index contributed by atoms with van der Waals surface area (Å²) in [7, 11) is -3.71. The van der Waals surface area contributed by atoms with Crippen LogP contribution in [0.2, 0.25) is 9.49 Å². The number of nitrogens with one attached hydrogen (secondary N) is 1. The summed E-state index contributed by atoms with van der Waals surface area (Å²) in [4.78, 5) is 3.71. The van der Waals surface area contributed by atoms with Crippen LogP contribution in [0.5, 0.6) is 0 Å². The summed E-state index contributed by atoms with van der Waals surface area (Å²) < 4.78 is 27.5. The van der Waals surface area contributed by atoms with Crippen LogP contribution in [0.1, 0.15) is 5.56 Å². The van der Waals surface area contributed by atoms with Gasteiger partial charge in [0.1, 0.15) is 0 Å². The quantitative estimate of drug-likeness (QED) is 0.832. The predicted octanol–water partition coefficient (Wildman–Crippen LogP) is 4.32. The van der Waals surface area contributed by atoms with E-state index in [1.54, 1.807) is 12.1 Å². The molecule has 0 aliphatic carbocycles. The Balaban J connectivity index is 2.38. The molecule has 0 aliphatic rings. The molecule has 0 radical (unpaired) electrons. The lowest BCUT2D eigenvalue weighted by atomic mass is 10.2. The Morgan fingerprint density at radius 2 is 2.05 bits per heavy atom. The normalized spacial score (nSPS) is 11.6. The minimum Gasteiger partial charge on any atom is -0.278 e. The van der Waals surface area contributed by atoms with Gasteiger partial charge in [-0.1, -0.05) is 34.5 Å². The zero-order valence-corrected chi connectivity index (χ0v) is 14.2. The number of rotatable bonds is 3. The number of halogens is 3. The average Bonchev–Trinajstić information content (AvgIpc) is 2.73. The number of nitrogens with zero attached hydrogens (tertiary/aromatic N) is 1. The third kappa shape index (κ3) is 3.41. The zero-order valence-electron chi connectivity index (χ0n) is 9.45. The topological polar surface area (TPSA) is 59.1 Å². The summed E-state index contributed by atoms with van der Waals surface area (Å²) in [5.41, 5.74) is 1.21. The fraction of sp³-hybridized carbons (Fsp3) is 0.100. The number of thiazole rings is 1. The van der Waals surface area contributed by atoms with Crippen molar-refractivity contribution in [2.75, 3.05) is 4.72 Å². The van der Waals surface area contributed by atoms with Crippen LogP contribution in [-0.2, 0) is 10.0 Å². The molecule has 9 heteroatoms. The predicted molar refractivity (Wildman–Crippen MR) is 81.8 cm³/mol. The Kier molecular flexibility index (Phi) is 4.42. The Morgan fingerprint density at radius 1 is 1.37 bits per heavy atom. The van der Waals surface area contributed by atoms with Crippen LogP contribution in [0.25, 0.3) is 0 Å². The molecule has 0 fully saturated rings. The summed E-state index contributed by atoms with van der Waals surface area (Å²) >= 11 is 15.8. The van der Waals surface area contributed by atoms with E-state index in [0.717, 1.165) is 16.9 Å². The van der Waals surface area contributed by atoms with E-state index in [-0.39, 0.29) is 8.68 Å². The van der Waals surface area contributed by atoms with Gasteiger partial charge in [-0.15, -0.1) is 0 Å². The number of sulfonamides is 1. The maximum Gasteiger partial charge on any atom is 0.273 e. The van der Waals surface area contributed by atoms with E-state index in [2.05, 4.69) is 25.6 Å². The molecule has 0 saturated heterocycles. The molecule has 2 rings (SSSR count). The fourth-order valence-electron chi connectivity index (χ4n) is 1.28. The molecular weight excluding hydrogens is 395 g/mol. The molecule has 0 amide bonds. The number of hydrogen-bond acceptors (Lipinski definition) is 4. The molecule has 1 N–H and O–H groups in total. The van der Waals surface area contributed by atoms with Gasteiger partial charge in [0.15, 0.2) is 8.68 Å². The molecule has 0 unspecified atom stereocenters. The average molecular weight is 402 g/mol. The van der Waals surface area contributed by atoms with E-state index >= 15 is 0 Å². The molecule has 102 valence electrons. The monoisotopic (exact) mass is 400 g/mol. The van der Waals surface area contributed by atoms with Crippen LogP contribution in [0.3, 0.4) is 0 Å². The summed E-state index contributed by atoms with van der Waals surface area (Å²) in [6.07, 6.45) is 1.21. The van der Waals surface area contributed by atoms with E-state index in [4.69, 9.17) is 23.2 Å². The van der Waals surface area contributed by atoms with Gasteiger partial charge in [-0.2, -0.15) is 0 Å². The van der Waals surface area contributed by atoms with E-state index in [1.807, 2.05) is 6.92 Å². The molecule has 1 heterocycles. The van der Waals surface area contributed by atoms with Crippen molar-refractivity contribution in [1.82, 2.24) is 4.98 Å². The van der Waals surface area contributed by atoms with Crippen LogP contribution in [-0.4, -0.2) is 13.4 Å². The fourth-order valence-corrected chi connectivity index (χ4v) is 4.50. The summed E-state index contributed by atoms with van der Waals surface area (Å²) in [5.74, 6) is 0. The smallest absolute Gasteiger partial charge is 0.273 e. The number of aryl methyl sites for hydroxylation is 1. The van der Waals surface area contributed by atoms with E-state index in [0.29, 0.717) is 15.2 Å². The lowest BCUT2D eigenvalue weighted by molar-refractivity contribution is 0.603. The molecule has 4 nitrogen and oxygen atoms in total.